The number of carbonyl (C=O) groups excluding carboxylic acids is 1. The van der Waals surface area contributed by atoms with Crippen LogP contribution in [0, 0.1) is 0 Å². The van der Waals surface area contributed by atoms with Gasteiger partial charge in [-0.25, -0.2) is 0 Å². The summed E-state index contributed by atoms with van der Waals surface area (Å²) in [6.07, 6.45) is 2.27. The van der Waals surface area contributed by atoms with E-state index in [4.69, 9.17) is 4.42 Å². The second-order valence-electron chi connectivity index (χ2n) is 4.12. The number of carbonyl (C=O) groups is 1. The third kappa shape index (κ3) is 3.94. The van der Waals surface area contributed by atoms with Gasteiger partial charge in [-0.2, -0.15) is 0 Å². The highest BCUT2D eigenvalue weighted by Crippen LogP contribution is 2.17. The van der Waals surface area contributed by atoms with E-state index in [2.05, 4.69) is 49.3 Å². The molecule has 0 aliphatic heterocycles. The Morgan fingerprint density at radius 2 is 2.00 bits per heavy atom. The van der Waals surface area contributed by atoms with Crippen LogP contribution in [0.1, 0.15) is 15.9 Å². The first kappa shape index (κ1) is 14.3. The van der Waals surface area contributed by atoms with Crippen LogP contribution in [0.4, 0.5) is 0 Å². The van der Waals surface area contributed by atoms with Gasteiger partial charge in [-0.15, -0.1) is 0 Å². The molecular formula is C14H13Br2NO2. The summed E-state index contributed by atoms with van der Waals surface area (Å²) in [5.74, 6) is -0.138. The van der Waals surface area contributed by atoms with Crippen LogP contribution < -0.4 is 5.32 Å². The summed E-state index contributed by atoms with van der Waals surface area (Å²) in [6, 6.07) is 11.8. The molecule has 1 atom stereocenters. The van der Waals surface area contributed by atoms with E-state index in [0.29, 0.717) is 15.6 Å². The number of amides is 1. The van der Waals surface area contributed by atoms with Crippen molar-refractivity contribution in [3.63, 3.8) is 0 Å². The first-order chi connectivity index (χ1) is 9.20. The maximum Gasteiger partial charge on any atom is 0.256 e. The summed E-state index contributed by atoms with van der Waals surface area (Å²) in [5, 5.41) is 3.68. The highest BCUT2D eigenvalue weighted by Gasteiger charge is 2.17. The van der Waals surface area contributed by atoms with Crippen molar-refractivity contribution < 1.29 is 9.21 Å². The van der Waals surface area contributed by atoms with Crippen molar-refractivity contribution in [2.75, 3.05) is 5.33 Å². The molecule has 0 radical (unpaired) electrons. The second kappa shape index (κ2) is 6.91. The molecule has 0 fully saturated rings. The van der Waals surface area contributed by atoms with Crippen molar-refractivity contribution >= 4 is 37.8 Å². The molecule has 3 nitrogen and oxygen atoms in total. The predicted molar refractivity (Wildman–Crippen MR) is 81.6 cm³/mol. The quantitative estimate of drug-likeness (QED) is 0.794. The molecule has 1 unspecified atom stereocenters. The van der Waals surface area contributed by atoms with Gasteiger partial charge in [0.1, 0.15) is 0 Å². The zero-order valence-electron chi connectivity index (χ0n) is 10.1. The molecule has 1 amide bonds. The lowest BCUT2D eigenvalue weighted by Crippen LogP contribution is -2.37. The molecule has 100 valence electrons. The van der Waals surface area contributed by atoms with E-state index in [1.165, 1.54) is 11.8 Å². The smallest absolute Gasteiger partial charge is 0.256 e. The summed E-state index contributed by atoms with van der Waals surface area (Å²) in [5.41, 5.74) is 1.71. The van der Waals surface area contributed by atoms with Gasteiger partial charge in [-0.3, -0.25) is 4.79 Å². The number of halogens is 2. The zero-order valence-corrected chi connectivity index (χ0v) is 13.3. The number of nitrogens with one attached hydrogen (secondary N) is 1. The fourth-order valence-electron chi connectivity index (χ4n) is 1.76. The molecule has 1 N–H and O–H groups in total. The van der Waals surface area contributed by atoms with Crippen molar-refractivity contribution in [3.05, 3.63) is 58.5 Å². The normalized spacial score (nSPS) is 12.1. The van der Waals surface area contributed by atoms with Crippen LogP contribution in [0.25, 0.3) is 0 Å². The van der Waals surface area contributed by atoms with Gasteiger partial charge in [0.05, 0.1) is 11.8 Å². The summed E-state index contributed by atoms with van der Waals surface area (Å²) in [7, 11) is 0. The second-order valence-corrected chi connectivity index (χ2v) is 5.49. The maximum atomic E-state index is 12.1. The minimum Gasteiger partial charge on any atom is -0.457 e. The van der Waals surface area contributed by atoms with Crippen molar-refractivity contribution in [2.45, 2.75) is 12.5 Å². The Morgan fingerprint density at radius 1 is 1.26 bits per heavy atom. The van der Waals surface area contributed by atoms with Crippen molar-refractivity contribution in [1.82, 2.24) is 5.32 Å². The lowest BCUT2D eigenvalue weighted by molar-refractivity contribution is 0.0939. The molecule has 2 aromatic rings. The number of hydrogen-bond donors (Lipinski definition) is 1. The van der Waals surface area contributed by atoms with Gasteiger partial charge in [0.15, 0.2) is 4.67 Å². The molecule has 2 rings (SSSR count). The molecule has 1 aromatic heterocycles. The van der Waals surface area contributed by atoms with Gasteiger partial charge in [0.25, 0.3) is 5.91 Å². The first-order valence-corrected chi connectivity index (χ1v) is 7.76. The van der Waals surface area contributed by atoms with E-state index in [-0.39, 0.29) is 11.9 Å². The van der Waals surface area contributed by atoms with Gasteiger partial charge in [-0.1, -0.05) is 46.3 Å². The largest absolute Gasteiger partial charge is 0.457 e. The van der Waals surface area contributed by atoms with Gasteiger partial charge in [0.2, 0.25) is 0 Å². The SMILES string of the molecule is O=C(NC(CBr)Cc1ccccc1)c1ccoc1Br. The number of rotatable bonds is 5. The van der Waals surface area contributed by atoms with Crippen LogP contribution in [0.5, 0.6) is 0 Å². The van der Waals surface area contributed by atoms with Gasteiger partial charge in [0, 0.05) is 11.4 Å². The Bertz CT molecular complexity index is 539. The van der Waals surface area contributed by atoms with Crippen LogP contribution >= 0.6 is 31.9 Å². The Hall–Kier alpha value is -1.07. The lowest BCUT2D eigenvalue weighted by Gasteiger charge is -2.16. The van der Waals surface area contributed by atoms with Crippen LogP contribution in [0.15, 0.2) is 51.7 Å². The summed E-state index contributed by atoms with van der Waals surface area (Å²) >= 11 is 6.64. The Labute approximate surface area is 128 Å². The lowest BCUT2D eigenvalue weighted by atomic mass is 10.1. The average Bonchev–Trinajstić information content (AvgIpc) is 2.85. The van der Waals surface area contributed by atoms with Crippen LogP contribution in [-0.2, 0) is 6.42 Å². The topological polar surface area (TPSA) is 42.2 Å². The molecule has 0 saturated heterocycles. The van der Waals surface area contributed by atoms with Crippen LogP contribution in [0.3, 0.4) is 0 Å². The van der Waals surface area contributed by atoms with Gasteiger partial charge < -0.3 is 9.73 Å². The van der Waals surface area contributed by atoms with Crippen molar-refractivity contribution in [2.24, 2.45) is 0 Å². The maximum absolute atomic E-state index is 12.1. The highest BCUT2D eigenvalue weighted by molar-refractivity contribution is 9.10. The average molecular weight is 387 g/mol. The molecule has 0 saturated carbocycles. The molecule has 0 spiro atoms. The molecule has 1 aromatic carbocycles. The zero-order chi connectivity index (χ0) is 13.7. The van der Waals surface area contributed by atoms with Crippen molar-refractivity contribution in [1.29, 1.82) is 0 Å². The van der Waals surface area contributed by atoms with E-state index in [1.54, 1.807) is 6.07 Å². The van der Waals surface area contributed by atoms with E-state index in [9.17, 15) is 4.79 Å². The minimum atomic E-state index is -0.138. The van der Waals surface area contributed by atoms with E-state index < -0.39 is 0 Å². The van der Waals surface area contributed by atoms with Gasteiger partial charge >= 0.3 is 0 Å². The molecule has 1 heterocycles. The predicted octanol–water partition coefficient (Wildman–Crippen LogP) is 3.78. The Morgan fingerprint density at radius 3 is 2.58 bits per heavy atom. The van der Waals surface area contributed by atoms with E-state index >= 15 is 0 Å². The Kier molecular flexibility index (Phi) is 5.22. The Balaban J connectivity index is 2.00. The molecule has 5 heteroatoms. The number of alkyl halides is 1. The van der Waals surface area contributed by atoms with Crippen molar-refractivity contribution in [3.8, 4) is 0 Å². The fraction of sp³-hybridized carbons (Fsp3) is 0.214. The molecule has 0 aliphatic carbocycles. The number of hydrogen-bond acceptors (Lipinski definition) is 2. The summed E-state index contributed by atoms with van der Waals surface area (Å²) in [4.78, 5) is 12.1. The molecule has 0 bridgehead atoms. The molecule has 0 aliphatic rings. The summed E-state index contributed by atoms with van der Waals surface area (Å²) < 4.78 is 5.52. The minimum absolute atomic E-state index is 0.0386. The van der Waals surface area contributed by atoms with Gasteiger partial charge in [-0.05, 0) is 34.0 Å². The monoisotopic (exact) mass is 385 g/mol. The van der Waals surface area contributed by atoms with Crippen LogP contribution in [0.2, 0.25) is 0 Å². The number of furan rings is 1. The molecular weight excluding hydrogens is 374 g/mol. The summed E-state index contributed by atoms with van der Waals surface area (Å²) in [6.45, 7) is 0. The van der Waals surface area contributed by atoms with Crippen LogP contribution in [-0.4, -0.2) is 17.3 Å². The molecule has 19 heavy (non-hydrogen) atoms. The van der Waals surface area contributed by atoms with E-state index in [0.717, 1.165) is 6.42 Å². The fourth-order valence-corrected chi connectivity index (χ4v) is 2.57. The van der Waals surface area contributed by atoms with E-state index in [1.807, 2.05) is 18.2 Å². The first-order valence-electron chi connectivity index (χ1n) is 5.84. The highest BCUT2D eigenvalue weighted by atomic mass is 79.9. The number of benzene rings is 1. The standard InChI is InChI=1S/C14H13Br2NO2/c15-9-11(8-10-4-2-1-3-5-10)17-14(18)12-6-7-19-13(12)16/h1-7,11H,8-9H2,(H,17,18). The third-order valence-electron chi connectivity index (χ3n) is 2.71. The third-order valence-corrected chi connectivity index (χ3v) is 4.10.